The van der Waals surface area contributed by atoms with E-state index in [9.17, 15) is 0 Å². The fourth-order valence-electron chi connectivity index (χ4n) is 2.51. The van der Waals surface area contributed by atoms with Crippen molar-refractivity contribution in [2.24, 2.45) is 0 Å². The third-order valence-corrected chi connectivity index (χ3v) is 3.64. The van der Waals surface area contributed by atoms with Crippen molar-refractivity contribution in [2.75, 3.05) is 26.6 Å². The van der Waals surface area contributed by atoms with Crippen LogP contribution in [0.3, 0.4) is 0 Å². The van der Waals surface area contributed by atoms with Crippen LogP contribution in [0.5, 0.6) is 17.4 Å². The van der Waals surface area contributed by atoms with Gasteiger partial charge in [0.05, 0.1) is 20.8 Å². The van der Waals surface area contributed by atoms with E-state index in [1.54, 1.807) is 25.0 Å². The lowest BCUT2D eigenvalue weighted by atomic mass is 10.1. The first-order chi connectivity index (χ1) is 12.6. The lowest BCUT2D eigenvalue weighted by Crippen LogP contribution is -2.07. The molecule has 0 saturated carbocycles. The Bertz CT molecular complexity index is 896. The molecule has 9 nitrogen and oxygen atoms in total. The average molecular weight is 356 g/mol. The molecule has 136 valence electrons. The summed E-state index contributed by atoms with van der Waals surface area (Å²) in [6.45, 7) is 2.40. The molecule has 0 bridgehead atoms. The van der Waals surface area contributed by atoms with Gasteiger partial charge in [0, 0.05) is 12.5 Å². The van der Waals surface area contributed by atoms with Crippen LogP contribution < -0.4 is 19.9 Å². The molecule has 2 aromatic heterocycles. The highest BCUT2D eigenvalue weighted by atomic mass is 16.5. The lowest BCUT2D eigenvalue weighted by Gasteiger charge is -2.10. The number of aromatic nitrogens is 5. The third-order valence-electron chi connectivity index (χ3n) is 3.64. The summed E-state index contributed by atoms with van der Waals surface area (Å²) < 4.78 is 17.6. The summed E-state index contributed by atoms with van der Waals surface area (Å²) in [5.74, 6) is 3.10. The number of hydrogen-bond acceptors (Lipinski definition) is 8. The van der Waals surface area contributed by atoms with Gasteiger partial charge in [-0.1, -0.05) is 6.07 Å². The third kappa shape index (κ3) is 3.66. The van der Waals surface area contributed by atoms with Crippen molar-refractivity contribution in [3.05, 3.63) is 42.0 Å². The molecule has 3 rings (SSSR count). The normalized spacial score (nSPS) is 10.6. The average Bonchev–Trinajstić information content (AvgIpc) is 3.02. The molecule has 0 amide bonds. The highest BCUT2D eigenvalue weighted by Gasteiger charge is 2.14. The van der Waals surface area contributed by atoms with Crippen molar-refractivity contribution in [1.29, 1.82) is 0 Å². The number of rotatable bonds is 7. The summed E-state index contributed by atoms with van der Waals surface area (Å²) in [4.78, 5) is 12.6. The van der Waals surface area contributed by atoms with Crippen LogP contribution in [0.15, 0.2) is 30.6 Å². The van der Waals surface area contributed by atoms with Gasteiger partial charge >= 0.3 is 0 Å². The van der Waals surface area contributed by atoms with Gasteiger partial charge in [-0.05, 0) is 24.6 Å². The number of nitrogens with two attached hydrogens (primary N) is 1. The molecule has 0 spiro atoms. The van der Waals surface area contributed by atoms with Crippen molar-refractivity contribution in [2.45, 2.75) is 13.3 Å². The minimum atomic E-state index is 0.164. The minimum absolute atomic E-state index is 0.164. The monoisotopic (exact) mass is 356 g/mol. The number of hydrogen-bond donors (Lipinski definition) is 1. The molecule has 0 aliphatic heterocycles. The van der Waals surface area contributed by atoms with E-state index in [0.29, 0.717) is 42.0 Å². The highest BCUT2D eigenvalue weighted by molar-refractivity contribution is 5.44. The molecular formula is C17H20N6O3. The summed E-state index contributed by atoms with van der Waals surface area (Å²) in [5, 5.41) is 4.24. The maximum atomic E-state index is 5.81. The molecule has 0 aliphatic rings. The number of anilines is 1. The van der Waals surface area contributed by atoms with Gasteiger partial charge in [-0.25, -0.2) is 9.97 Å². The van der Waals surface area contributed by atoms with E-state index >= 15 is 0 Å². The number of benzene rings is 1. The molecule has 2 N–H and O–H groups in total. The summed E-state index contributed by atoms with van der Waals surface area (Å²) in [5.41, 5.74) is 6.77. The quantitative estimate of drug-likeness (QED) is 0.680. The van der Waals surface area contributed by atoms with Crippen LogP contribution in [-0.2, 0) is 6.42 Å². The summed E-state index contributed by atoms with van der Waals surface area (Å²) in [7, 11) is 3.19. The number of nitrogens with zero attached hydrogens (tertiary/aromatic N) is 5. The summed E-state index contributed by atoms with van der Waals surface area (Å²) in [6, 6.07) is 7.35. The molecule has 9 heteroatoms. The predicted octanol–water partition coefficient (Wildman–Crippen LogP) is 1.65. The second-order valence-electron chi connectivity index (χ2n) is 5.31. The second kappa shape index (κ2) is 7.68. The Kier molecular flexibility index (Phi) is 5.16. The maximum Gasteiger partial charge on any atom is 0.240 e. The van der Waals surface area contributed by atoms with E-state index in [4.69, 9.17) is 19.9 Å². The van der Waals surface area contributed by atoms with Gasteiger partial charge in [0.2, 0.25) is 11.8 Å². The molecule has 3 aromatic rings. The molecule has 26 heavy (non-hydrogen) atoms. The Balaban J connectivity index is 1.94. The summed E-state index contributed by atoms with van der Waals surface area (Å²) >= 11 is 0. The van der Waals surface area contributed by atoms with Crippen molar-refractivity contribution >= 4 is 5.95 Å². The van der Waals surface area contributed by atoms with Crippen LogP contribution in [0.25, 0.3) is 5.82 Å². The zero-order valence-corrected chi connectivity index (χ0v) is 14.8. The maximum absolute atomic E-state index is 5.81. The fourth-order valence-corrected chi connectivity index (χ4v) is 2.51. The van der Waals surface area contributed by atoms with Gasteiger partial charge in [-0.2, -0.15) is 9.67 Å². The second-order valence-corrected chi connectivity index (χ2v) is 5.31. The molecule has 0 atom stereocenters. The highest BCUT2D eigenvalue weighted by Crippen LogP contribution is 2.28. The first-order valence-electron chi connectivity index (χ1n) is 8.02. The van der Waals surface area contributed by atoms with Crippen LogP contribution in [-0.4, -0.2) is 45.6 Å². The van der Waals surface area contributed by atoms with E-state index in [1.165, 1.54) is 6.33 Å². The van der Waals surface area contributed by atoms with E-state index in [-0.39, 0.29) is 5.95 Å². The van der Waals surface area contributed by atoms with Gasteiger partial charge in [-0.15, -0.1) is 5.10 Å². The SMILES string of the molecule is CCOc1cc(-n2nc(N)nc2Cc2ccc(OC)c(OC)c2)ncn1. The van der Waals surface area contributed by atoms with Crippen molar-refractivity contribution in [3.8, 4) is 23.2 Å². The van der Waals surface area contributed by atoms with Gasteiger partial charge < -0.3 is 19.9 Å². The molecular weight excluding hydrogens is 336 g/mol. The van der Waals surface area contributed by atoms with Gasteiger partial charge in [0.25, 0.3) is 0 Å². The van der Waals surface area contributed by atoms with Gasteiger partial charge in [0.1, 0.15) is 12.2 Å². The van der Waals surface area contributed by atoms with E-state index in [0.717, 1.165) is 5.56 Å². The Morgan fingerprint density at radius 3 is 2.62 bits per heavy atom. The molecule has 0 saturated heterocycles. The smallest absolute Gasteiger partial charge is 0.240 e. The fraction of sp³-hybridized carbons (Fsp3) is 0.294. The van der Waals surface area contributed by atoms with Crippen LogP contribution >= 0.6 is 0 Å². The molecule has 0 unspecified atom stereocenters. The number of nitrogen functional groups attached to an aromatic ring is 1. The molecule has 1 aromatic carbocycles. The zero-order valence-electron chi connectivity index (χ0n) is 14.8. The zero-order chi connectivity index (χ0) is 18.5. The van der Waals surface area contributed by atoms with Crippen LogP contribution in [0, 0.1) is 0 Å². The number of ether oxygens (including phenoxy) is 3. The largest absolute Gasteiger partial charge is 0.493 e. The van der Waals surface area contributed by atoms with Crippen LogP contribution in [0.2, 0.25) is 0 Å². The van der Waals surface area contributed by atoms with E-state index in [1.807, 2.05) is 25.1 Å². The van der Waals surface area contributed by atoms with Crippen LogP contribution in [0.4, 0.5) is 5.95 Å². The Labute approximate surface area is 150 Å². The standard InChI is InChI=1S/C17H20N6O3/c1-4-26-16-9-14(19-10-20-16)23-15(21-17(18)22-23)8-11-5-6-12(24-2)13(7-11)25-3/h5-7,9-10H,4,8H2,1-3H3,(H2,18,22). The minimum Gasteiger partial charge on any atom is -0.493 e. The van der Waals surface area contributed by atoms with Crippen molar-refractivity contribution < 1.29 is 14.2 Å². The molecule has 0 aliphatic carbocycles. The van der Waals surface area contributed by atoms with Gasteiger partial charge in [0.15, 0.2) is 17.3 Å². The Morgan fingerprint density at radius 2 is 1.88 bits per heavy atom. The van der Waals surface area contributed by atoms with Crippen LogP contribution in [0.1, 0.15) is 18.3 Å². The Hall–Kier alpha value is -3.36. The number of methoxy groups -OCH3 is 2. The first-order valence-corrected chi connectivity index (χ1v) is 8.02. The molecule has 0 radical (unpaired) electrons. The molecule has 0 fully saturated rings. The van der Waals surface area contributed by atoms with E-state index < -0.39 is 0 Å². The lowest BCUT2D eigenvalue weighted by molar-refractivity contribution is 0.326. The van der Waals surface area contributed by atoms with Crippen molar-refractivity contribution in [3.63, 3.8) is 0 Å². The van der Waals surface area contributed by atoms with Crippen molar-refractivity contribution in [1.82, 2.24) is 24.7 Å². The topological polar surface area (TPSA) is 110 Å². The Morgan fingerprint density at radius 1 is 1.08 bits per heavy atom. The van der Waals surface area contributed by atoms with Gasteiger partial charge in [-0.3, -0.25) is 0 Å². The predicted molar refractivity (Wildman–Crippen MR) is 94.9 cm³/mol. The first kappa shape index (κ1) is 17.5. The summed E-state index contributed by atoms with van der Waals surface area (Å²) in [6.07, 6.45) is 1.90. The molecule has 2 heterocycles. The van der Waals surface area contributed by atoms with E-state index in [2.05, 4.69) is 20.1 Å².